The van der Waals surface area contributed by atoms with Gasteiger partial charge < -0.3 is 0 Å². The Kier molecular flexibility index (Phi) is 1.41. The third-order valence-electron chi connectivity index (χ3n) is 2.71. The van der Waals surface area contributed by atoms with E-state index in [0.717, 1.165) is 18.4 Å². The molecular weight excluding hydrogens is 190 g/mol. The minimum absolute atomic E-state index is 0.429. The normalized spacial score (nSPS) is 17.6. The molecule has 2 heterocycles. The van der Waals surface area contributed by atoms with Gasteiger partial charge in [0.2, 0.25) is 0 Å². The van der Waals surface area contributed by atoms with E-state index < -0.39 is 5.41 Å². The van der Waals surface area contributed by atoms with E-state index in [0.29, 0.717) is 11.6 Å². The largest absolute Gasteiger partial charge is 0.252 e. The van der Waals surface area contributed by atoms with E-state index in [2.05, 4.69) is 21.1 Å². The molecule has 0 unspecified atom stereocenters. The molecule has 2 aromatic rings. The lowest BCUT2D eigenvalue weighted by molar-refractivity contribution is 0.782. The molecule has 0 atom stereocenters. The predicted octanol–water partition coefficient (Wildman–Crippen LogP) is 0.988. The third kappa shape index (κ3) is 1.11. The van der Waals surface area contributed by atoms with E-state index in [-0.39, 0.29) is 0 Å². The number of rotatable bonds is 1. The second kappa shape index (κ2) is 2.54. The summed E-state index contributed by atoms with van der Waals surface area (Å²) in [6.07, 6.45) is 5.34. The summed E-state index contributed by atoms with van der Waals surface area (Å²) < 4.78 is 1.64. The number of fused-ring (bicyclic) bond motifs is 1. The lowest BCUT2D eigenvalue weighted by Crippen LogP contribution is -2.05. The van der Waals surface area contributed by atoms with Crippen LogP contribution in [0.5, 0.6) is 0 Å². The summed E-state index contributed by atoms with van der Waals surface area (Å²) in [5, 5.41) is 13.3. The Hall–Kier alpha value is -1.96. The highest BCUT2D eigenvalue weighted by atomic mass is 15.3. The average molecular weight is 199 g/mol. The predicted molar refractivity (Wildman–Crippen MR) is 52.0 cm³/mol. The first-order valence-electron chi connectivity index (χ1n) is 4.84. The van der Waals surface area contributed by atoms with Crippen LogP contribution >= 0.6 is 0 Å². The fraction of sp³-hybridized carbons (Fsp3) is 0.400. The average Bonchev–Trinajstić information content (AvgIpc) is 2.93. The van der Waals surface area contributed by atoms with Crippen LogP contribution in [-0.2, 0) is 5.41 Å². The van der Waals surface area contributed by atoms with Gasteiger partial charge in [-0.25, -0.2) is 9.50 Å². The molecule has 5 nitrogen and oxygen atoms in total. The minimum atomic E-state index is -0.429. The van der Waals surface area contributed by atoms with Crippen molar-refractivity contribution in [3.63, 3.8) is 0 Å². The maximum atomic E-state index is 9.03. The molecule has 15 heavy (non-hydrogen) atoms. The molecule has 0 spiro atoms. The molecule has 1 fully saturated rings. The SMILES string of the molecule is Cc1cnc2nc(C3(C#N)CC3)nn2c1. The second-order valence-electron chi connectivity index (χ2n) is 4.01. The standard InChI is InChI=1S/C10H9N5/c1-7-4-12-9-13-8(14-15(9)5-7)10(6-11)2-3-10/h4-5H,2-3H2,1H3. The van der Waals surface area contributed by atoms with E-state index in [9.17, 15) is 0 Å². The van der Waals surface area contributed by atoms with Gasteiger partial charge in [0.25, 0.3) is 5.78 Å². The second-order valence-corrected chi connectivity index (χ2v) is 4.01. The summed E-state index contributed by atoms with van der Waals surface area (Å²) in [4.78, 5) is 8.43. The van der Waals surface area contributed by atoms with Crippen molar-refractivity contribution in [3.05, 3.63) is 23.8 Å². The molecule has 0 amide bonds. The highest BCUT2D eigenvalue weighted by molar-refractivity contribution is 5.35. The molecule has 1 saturated carbocycles. The van der Waals surface area contributed by atoms with Crippen molar-refractivity contribution in [2.45, 2.75) is 25.2 Å². The van der Waals surface area contributed by atoms with Crippen LogP contribution in [0, 0.1) is 18.3 Å². The van der Waals surface area contributed by atoms with Gasteiger partial charge in [0.1, 0.15) is 5.41 Å². The Morgan fingerprint density at radius 1 is 1.53 bits per heavy atom. The molecule has 1 aliphatic carbocycles. The van der Waals surface area contributed by atoms with Crippen molar-refractivity contribution in [3.8, 4) is 6.07 Å². The van der Waals surface area contributed by atoms with Crippen LogP contribution in [0.2, 0.25) is 0 Å². The van der Waals surface area contributed by atoms with Crippen LogP contribution in [0.3, 0.4) is 0 Å². The summed E-state index contributed by atoms with van der Waals surface area (Å²) in [7, 11) is 0. The minimum Gasteiger partial charge on any atom is -0.219 e. The first-order chi connectivity index (χ1) is 7.23. The zero-order valence-electron chi connectivity index (χ0n) is 8.30. The summed E-state index contributed by atoms with van der Waals surface area (Å²) in [5.41, 5.74) is 0.600. The molecule has 0 radical (unpaired) electrons. The number of aryl methyl sites for hydroxylation is 1. The van der Waals surface area contributed by atoms with Gasteiger partial charge in [0.15, 0.2) is 5.82 Å². The van der Waals surface area contributed by atoms with Gasteiger partial charge in [0, 0.05) is 12.4 Å². The Bertz CT molecular complexity index is 573. The van der Waals surface area contributed by atoms with Crippen LogP contribution in [0.4, 0.5) is 0 Å². The molecule has 1 aliphatic rings. The first-order valence-corrected chi connectivity index (χ1v) is 4.84. The van der Waals surface area contributed by atoms with Crippen LogP contribution in [0.1, 0.15) is 24.2 Å². The fourth-order valence-corrected chi connectivity index (χ4v) is 1.59. The van der Waals surface area contributed by atoms with Gasteiger partial charge in [0.05, 0.1) is 6.07 Å². The number of nitrogens with zero attached hydrogens (tertiary/aromatic N) is 5. The topological polar surface area (TPSA) is 66.9 Å². The molecule has 0 N–H and O–H groups in total. The summed E-state index contributed by atoms with van der Waals surface area (Å²) in [5.74, 6) is 1.18. The Morgan fingerprint density at radius 3 is 3.00 bits per heavy atom. The third-order valence-corrected chi connectivity index (χ3v) is 2.71. The molecule has 5 heteroatoms. The summed E-state index contributed by atoms with van der Waals surface area (Å²) in [6, 6.07) is 2.28. The van der Waals surface area contributed by atoms with E-state index in [1.165, 1.54) is 0 Å². The maximum Gasteiger partial charge on any atom is 0.252 e. The zero-order valence-corrected chi connectivity index (χ0v) is 8.30. The summed E-state index contributed by atoms with van der Waals surface area (Å²) >= 11 is 0. The van der Waals surface area contributed by atoms with Crippen molar-refractivity contribution >= 4 is 5.78 Å². The van der Waals surface area contributed by atoms with Crippen LogP contribution in [0.25, 0.3) is 5.78 Å². The fourth-order valence-electron chi connectivity index (χ4n) is 1.59. The van der Waals surface area contributed by atoms with Crippen molar-refractivity contribution in [1.29, 1.82) is 5.26 Å². The Balaban J connectivity index is 2.19. The highest BCUT2D eigenvalue weighted by Crippen LogP contribution is 2.45. The number of nitriles is 1. The van der Waals surface area contributed by atoms with Crippen molar-refractivity contribution in [2.24, 2.45) is 0 Å². The molecule has 3 rings (SSSR count). The molecule has 0 bridgehead atoms. The number of hydrogen-bond donors (Lipinski definition) is 0. The lowest BCUT2D eigenvalue weighted by atomic mass is 10.1. The van der Waals surface area contributed by atoms with Crippen molar-refractivity contribution in [2.75, 3.05) is 0 Å². The number of hydrogen-bond acceptors (Lipinski definition) is 4. The van der Waals surface area contributed by atoms with E-state index in [1.807, 2.05) is 13.1 Å². The molecule has 2 aromatic heterocycles. The summed E-state index contributed by atoms with van der Waals surface area (Å²) in [6.45, 7) is 1.95. The van der Waals surface area contributed by atoms with Gasteiger partial charge in [-0.05, 0) is 25.3 Å². The van der Waals surface area contributed by atoms with Gasteiger partial charge >= 0.3 is 0 Å². The monoisotopic (exact) mass is 199 g/mol. The Morgan fingerprint density at radius 2 is 2.33 bits per heavy atom. The van der Waals surface area contributed by atoms with E-state index >= 15 is 0 Å². The van der Waals surface area contributed by atoms with E-state index in [1.54, 1.807) is 10.7 Å². The van der Waals surface area contributed by atoms with Gasteiger partial charge in [-0.15, -0.1) is 5.10 Å². The molecule has 74 valence electrons. The quantitative estimate of drug-likeness (QED) is 0.686. The molecule has 0 saturated heterocycles. The number of aromatic nitrogens is 4. The zero-order chi connectivity index (χ0) is 10.5. The first kappa shape index (κ1) is 8.36. The van der Waals surface area contributed by atoms with Crippen LogP contribution < -0.4 is 0 Å². The van der Waals surface area contributed by atoms with Crippen molar-refractivity contribution in [1.82, 2.24) is 19.6 Å². The molecular formula is C10H9N5. The molecule has 0 aromatic carbocycles. The van der Waals surface area contributed by atoms with Crippen LogP contribution in [-0.4, -0.2) is 19.6 Å². The highest BCUT2D eigenvalue weighted by Gasteiger charge is 2.48. The lowest BCUT2D eigenvalue weighted by Gasteiger charge is -1.94. The molecule has 0 aliphatic heterocycles. The van der Waals surface area contributed by atoms with Gasteiger partial charge in [-0.2, -0.15) is 10.2 Å². The van der Waals surface area contributed by atoms with Crippen molar-refractivity contribution < 1.29 is 0 Å². The smallest absolute Gasteiger partial charge is 0.219 e. The van der Waals surface area contributed by atoms with Gasteiger partial charge in [-0.3, -0.25) is 0 Å². The van der Waals surface area contributed by atoms with Gasteiger partial charge in [-0.1, -0.05) is 0 Å². The Labute approximate surface area is 86.4 Å². The van der Waals surface area contributed by atoms with Crippen LogP contribution in [0.15, 0.2) is 12.4 Å². The van der Waals surface area contributed by atoms with E-state index in [4.69, 9.17) is 5.26 Å². The maximum absolute atomic E-state index is 9.03.